The Bertz CT molecular complexity index is 1330. The van der Waals surface area contributed by atoms with Gasteiger partial charge in [0.25, 0.3) is 0 Å². The Hall–Kier alpha value is -1.98. The van der Waals surface area contributed by atoms with Crippen molar-refractivity contribution in [3.63, 3.8) is 0 Å². The van der Waals surface area contributed by atoms with Crippen molar-refractivity contribution < 1.29 is 57.0 Å². The average Bonchev–Trinajstić information content (AvgIpc) is 3.25. The van der Waals surface area contributed by atoms with Crippen molar-refractivity contribution >= 4 is 16.3 Å². The van der Waals surface area contributed by atoms with E-state index in [9.17, 15) is 43.3 Å². The Kier molecular flexibility index (Phi) is 36.7. The van der Waals surface area contributed by atoms with Gasteiger partial charge in [0, 0.05) is 0 Å². The van der Waals surface area contributed by atoms with Crippen molar-refractivity contribution in [2.75, 3.05) is 13.2 Å². The van der Waals surface area contributed by atoms with E-state index in [-0.39, 0.29) is 6.42 Å². The maximum atomic E-state index is 13.1. The van der Waals surface area contributed by atoms with Crippen LogP contribution in [-0.2, 0) is 28.9 Å². The largest absolute Gasteiger partial charge is 0.397 e. The Balaban J connectivity index is 2.60. The fraction of sp³-hybridized carbons (Fsp3) is 0.816. The summed E-state index contributed by atoms with van der Waals surface area (Å²) in [5.41, 5.74) is 0. The molecule has 7 N–H and O–H groups in total. The first-order chi connectivity index (χ1) is 30.4. The van der Waals surface area contributed by atoms with Crippen LogP contribution < -0.4 is 5.32 Å². The monoisotopic (exact) mass is 916 g/mol. The van der Waals surface area contributed by atoms with Gasteiger partial charge in [-0.15, -0.1) is 0 Å². The molecule has 1 rings (SSSR count). The van der Waals surface area contributed by atoms with Crippen LogP contribution >= 0.6 is 0 Å². The molecule has 63 heavy (non-hydrogen) atoms. The highest BCUT2D eigenvalue weighted by atomic mass is 32.3. The number of hydrogen-bond acceptors (Lipinski definition) is 11. The quantitative estimate of drug-likeness (QED) is 0.0174. The second kappa shape index (κ2) is 39.2. The Morgan fingerprint density at radius 1 is 0.635 bits per heavy atom. The SMILES string of the molecule is CCCCCC/C=C\CCCCCCCCC(O)C(=O)NC(COC1OC(CO)C(O)C(OS(=O)(=O)O)C1O)C(O)/C=C/CC/C=C/CC/C=C/CCCCCCCCCCCC. The topological polar surface area (TPSA) is 212 Å². The van der Waals surface area contributed by atoms with Crippen molar-refractivity contribution in [2.24, 2.45) is 0 Å². The summed E-state index contributed by atoms with van der Waals surface area (Å²) in [7, 11) is -5.13. The highest BCUT2D eigenvalue weighted by Crippen LogP contribution is 2.26. The van der Waals surface area contributed by atoms with E-state index in [1.807, 2.05) is 0 Å². The summed E-state index contributed by atoms with van der Waals surface area (Å²) in [4.78, 5) is 13.1. The van der Waals surface area contributed by atoms with E-state index in [1.54, 1.807) is 6.08 Å². The van der Waals surface area contributed by atoms with Crippen LogP contribution in [0, 0.1) is 0 Å². The number of aliphatic hydroxyl groups is 5. The first-order valence-electron chi connectivity index (χ1n) is 24.6. The van der Waals surface area contributed by atoms with Gasteiger partial charge in [-0.25, -0.2) is 4.18 Å². The third kappa shape index (κ3) is 31.6. The molecule has 1 aliphatic heterocycles. The fourth-order valence-corrected chi connectivity index (χ4v) is 7.99. The van der Waals surface area contributed by atoms with Gasteiger partial charge in [0.2, 0.25) is 5.91 Å². The molecule has 0 aliphatic carbocycles. The molecule has 1 heterocycles. The molecule has 14 heteroatoms. The summed E-state index contributed by atoms with van der Waals surface area (Å²) >= 11 is 0. The number of rotatable bonds is 41. The number of carbonyl (C=O) groups excluding carboxylic acids is 1. The van der Waals surface area contributed by atoms with Crippen molar-refractivity contribution in [3.05, 3.63) is 48.6 Å². The van der Waals surface area contributed by atoms with Gasteiger partial charge in [0.15, 0.2) is 6.29 Å². The van der Waals surface area contributed by atoms with Gasteiger partial charge in [-0.05, 0) is 70.6 Å². The third-order valence-corrected chi connectivity index (χ3v) is 11.9. The van der Waals surface area contributed by atoms with Gasteiger partial charge in [-0.3, -0.25) is 9.35 Å². The molecule has 1 fully saturated rings. The molecule has 13 nitrogen and oxygen atoms in total. The summed E-state index contributed by atoms with van der Waals surface area (Å²) in [5, 5.41) is 55.2. The number of unbranched alkanes of at least 4 members (excludes halogenated alkanes) is 22. The minimum Gasteiger partial charge on any atom is -0.394 e. The van der Waals surface area contributed by atoms with Gasteiger partial charge in [0.1, 0.15) is 30.5 Å². The lowest BCUT2D eigenvalue weighted by molar-refractivity contribution is -0.298. The molecule has 1 aliphatic rings. The Labute approximate surface area is 381 Å². The summed E-state index contributed by atoms with van der Waals surface area (Å²) < 4.78 is 47.5. The Morgan fingerprint density at radius 2 is 1.06 bits per heavy atom. The summed E-state index contributed by atoms with van der Waals surface area (Å²) in [6.45, 7) is 3.18. The zero-order valence-electron chi connectivity index (χ0n) is 39.0. The lowest BCUT2D eigenvalue weighted by Crippen LogP contribution is -2.61. The molecule has 0 aromatic heterocycles. The molecule has 1 saturated heterocycles. The third-order valence-electron chi connectivity index (χ3n) is 11.4. The molecule has 0 spiro atoms. The van der Waals surface area contributed by atoms with Crippen molar-refractivity contribution in [3.8, 4) is 0 Å². The molecule has 0 aromatic carbocycles. The lowest BCUT2D eigenvalue weighted by atomic mass is 9.99. The van der Waals surface area contributed by atoms with Crippen LogP contribution in [-0.4, -0.2) is 107 Å². The lowest BCUT2D eigenvalue weighted by Gasteiger charge is -2.41. The van der Waals surface area contributed by atoms with Gasteiger partial charge in [-0.2, -0.15) is 8.42 Å². The van der Waals surface area contributed by atoms with Crippen LogP contribution in [0.2, 0.25) is 0 Å². The minimum atomic E-state index is -5.13. The maximum absolute atomic E-state index is 13.1. The molecular weight excluding hydrogens is 827 g/mol. The van der Waals surface area contributed by atoms with Crippen LogP contribution in [0.25, 0.3) is 0 Å². The number of carbonyl (C=O) groups is 1. The molecule has 0 aromatic rings. The molecule has 1 amide bonds. The van der Waals surface area contributed by atoms with E-state index >= 15 is 0 Å². The standard InChI is InChI=1S/C49H89NO12S/c1-3-5-7-9-11-13-15-17-19-20-21-22-23-24-26-27-29-31-33-35-37-42(52)41(40-60-49-46(55)47(62-63(57,58)59)45(54)44(39-51)61-49)50-48(56)43(53)38-36-34-32-30-28-25-18-16-14-12-10-8-6-4-2/h14,16,22-23,27,29,35,37,41-47,49,51-55H,3-13,15,17-21,24-26,28,30-34,36,38-40H2,1-2H3,(H,50,56)(H,57,58,59)/b16-14-,23-22+,29-27+,37-35+. The van der Waals surface area contributed by atoms with Crippen molar-refractivity contribution in [1.29, 1.82) is 0 Å². The normalized spacial score (nSPS) is 21.3. The first kappa shape index (κ1) is 59.0. The second-order valence-electron chi connectivity index (χ2n) is 17.2. The molecule has 8 unspecified atom stereocenters. The highest BCUT2D eigenvalue weighted by molar-refractivity contribution is 7.80. The van der Waals surface area contributed by atoms with E-state index in [0.717, 1.165) is 70.6 Å². The Morgan fingerprint density at radius 3 is 1.54 bits per heavy atom. The van der Waals surface area contributed by atoms with Crippen molar-refractivity contribution in [1.82, 2.24) is 5.32 Å². The van der Waals surface area contributed by atoms with E-state index < -0.39 is 78.5 Å². The van der Waals surface area contributed by atoms with E-state index in [2.05, 4.69) is 59.8 Å². The van der Waals surface area contributed by atoms with Crippen molar-refractivity contribution in [2.45, 2.75) is 243 Å². The summed E-state index contributed by atoms with van der Waals surface area (Å²) in [5.74, 6) is -0.723. The smallest absolute Gasteiger partial charge is 0.394 e. The zero-order valence-corrected chi connectivity index (χ0v) is 39.8. The van der Waals surface area contributed by atoms with Gasteiger partial charge < -0.3 is 40.3 Å². The van der Waals surface area contributed by atoms with Gasteiger partial charge in [-0.1, -0.05) is 172 Å². The van der Waals surface area contributed by atoms with Crippen LogP contribution in [0.15, 0.2) is 48.6 Å². The average molecular weight is 916 g/mol. The number of ether oxygens (including phenoxy) is 2. The number of hydrogen-bond donors (Lipinski definition) is 7. The van der Waals surface area contributed by atoms with E-state index in [4.69, 9.17) is 9.47 Å². The van der Waals surface area contributed by atoms with Crippen LogP contribution in [0.3, 0.4) is 0 Å². The number of nitrogens with one attached hydrogen (secondary N) is 1. The molecule has 368 valence electrons. The first-order valence-corrected chi connectivity index (χ1v) is 26.0. The van der Waals surface area contributed by atoms with Crippen LogP contribution in [0.1, 0.15) is 194 Å². The fourth-order valence-electron chi connectivity index (χ4n) is 7.49. The number of allylic oxidation sites excluding steroid dienone is 7. The van der Waals surface area contributed by atoms with E-state index in [1.165, 1.54) is 96.0 Å². The molecule has 8 atom stereocenters. The molecule has 0 radical (unpaired) electrons. The minimum absolute atomic E-state index is 0.225. The van der Waals surface area contributed by atoms with Gasteiger partial charge in [0.05, 0.1) is 25.4 Å². The number of aliphatic hydroxyl groups excluding tert-OH is 5. The number of amides is 1. The predicted molar refractivity (Wildman–Crippen MR) is 251 cm³/mol. The predicted octanol–water partition coefficient (Wildman–Crippen LogP) is 9.02. The van der Waals surface area contributed by atoms with Crippen LogP contribution in [0.4, 0.5) is 0 Å². The second-order valence-corrected chi connectivity index (χ2v) is 18.2. The molecule has 0 bridgehead atoms. The van der Waals surface area contributed by atoms with E-state index in [0.29, 0.717) is 12.8 Å². The molecular formula is C49H89NO12S. The highest BCUT2D eigenvalue weighted by Gasteiger charge is 2.48. The van der Waals surface area contributed by atoms with Gasteiger partial charge >= 0.3 is 10.4 Å². The summed E-state index contributed by atoms with van der Waals surface area (Å²) in [6.07, 6.45) is 36.2. The maximum Gasteiger partial charge on any atom is 0.397 e. The van der Waals surface area contributed by atoms with Crippen LogP contribution in [0.5, 0.6) is 0 Å². The summed E-state index contributed by atoms with van der Waals surface area (Å²) in [6, 6.07) is -1.15. The molecule has 0 saturated carbocycles. The zero-order chi connectivity index (χ0) is 46.4.